The van der Waals surface area contributed by atoms with Crippen molar-refractivity contribution in [1.82, 2.24) is 4.90 Å². The van der Waals surface area contributed by atoms with Crippen LogP contribution >= 0.6 is 0 Å². The lowest BCUT2D eigenvalue weighted by Gasteiger charge is -2.31. The third-order valence-corrected chi connectivity index (χ3v) is 4.23. The lowest BCUT2D eigenvalue weighted by atomic mass is 9.99. The predicted octanol–water partition coefficient (Wildman–Crippen LogP) is 3.16. The summed E-state index contributed by atoms with van der Waals surface area (Å²) in [4.78, 5) is 16.6. The molecule has 1 saturated heterocycles. The monoisotopic (exact) mass is 274 g/mol. The number of hydrogen-bond donors (Lipinski definition) is 0. The maximum atomic E-state index is 12.3. The Hall–Kier alpha value is -1.51. The molecule has 0 radical (unpaired) electrons. The van der Waals surface area contributed by atoms with Crippen molar-refractivity contribution in [3.63, 3.8) is 0 Å². The topological polar surface area (TPSA) is 23.6 Å². The van der Waals surface area contributed by atoms with E-state index >= 15 is 0 Å². The van der Waals surface area contributed by atoms with Gasteiger partial charge in [0, 0.05) is 38.3 Å². The first-order valence-corrected chi connectivity index (χ1v) is 7.78. The van der Waals surface area contributed by atoms with E-state index in [0.29, 0.717) is 12.3 Å². The minimum absolute atomic E-state index is 0.311. The molecule has 1 aliphatic rings. The fourth-order valence-electron chi connectivity index (χ4n) is 2.76. The van der Waals surface area contributed by atoms with Gasteiger partial charge in [-0.05, 0) is 37.8 Å². The van der Waals surface area contributed by atoms with Gasteiger partial charge in [-0.25, -0.2) is 0 Å². The summed E-state index contributed by atoms with van der Waals surface area (Å²) < 4.78 is 0. The standard InChI is InChI=1S/C17H26N2O/c1-3-18(16-7-5-4-6-8-16)14-11-17(20)19-12-9-15(2)10-13-19/h4-8,15H,3,9-14H2,1-2H3. The minimum atomic E-state index is 0.311. The number of nitrogens with zero attached hydrogens (tertiary/aromatic N) is 2. The molecule has 0 aliphatic carbocycles. The van der Waals surface area contributed by atoms with Crippen LogP contribution in [0.15, 0.2) is 30.3 Å². The van der Waals surface area contributed by atoms with E-state index < -0.39 is 0 Å². The number of hydrogen-bond acceptors (Lipinski definition) is 2. The summed E-state index contributed by atoms with van der Waals surface area (Å²) >= 11 is 0. The molecule has 1 aromatic carbocycles. The Kier molecular flexibility index (Phi) is 5.45. The van der Waals surface area contributed by atoms with Gasteiger partial charge in [0.2, 0.25) is 5.91 Å². The number of likely N-dealkylation sites (tertiary alicyclic amines) is 1. The molecule has 1 aromatic rings. The van der Waals surface area contributed by atoms with E-state index in [1.165, 1.54) is 5.69 Å². The maximum Gasteiger partial charge on any atom is 0.224 e. The summed E-state index contributed by atoms with van der Waals surface area (Å²) in [5.41, 5.74) is 1.20. The van der Waals surface area contributed by atoms with Crippen molar-refractivity contribution in [1.29, 1.82) is 0 Å². The van der Waals surface area contributed by atoms with E-state index in [9.17, 15) is 4.79 Å². The number of anilines is 1. The molecule has 1 amide bonds. The second kappa shape index (κ2) is 7.32. The normalized spacial score (nSPS) is 16.2. The average Bonchev–Trinajstić information content (AvgIpc) is 2.49. The van der Waals surface area contributed by atoms with Crippen LogP contribution in [0.3, 0.4) is 0 Å². The largest absolute Gasteiger partial charge is 0.371 e. The first kappa shape index (κ1) is 14.9. The molecule has 1 aliphatic heterocycles. The summed E-state index contributed by atoms with van der Waals surface area (Å²) in [6, 6.07) is 10.3. The van der Waals surface area contributed by atoms with Crippen LogP contribution in [0.2, 0.25) is 0 Å². The van der Waals surface area contributed by atoms with Crippen LogP contribution in [0.4, 0.5) is 5.69 Å². The Morgan fingerprint density at radius 3 is 2.50 bits per heavy atom. The molecule has 1 heterocycles. The Balaban J connectivity index is 1.83. The second-order valence-corrected chi connectivity index (χ2v) is 5.73. The molecule has 1 fully saturated rings. The highest BCUT2D eigenvalue weighted by Crippen LogP contribution is 2.17. The Morgan fingerprint density at radius 2 is 1.90 bits per heavy atom. The molecule has 2 rings (SSSR count). The molecule has 0 N–H and O–H groups in total. The van der Waals surface area contributed by atoms with Crippen molar-refractivity contribution in [3.05, 3.63) is 30.3 Å². The highest BCUT2D eigenvalue weighted by Gasteiger charge is 2.20. The maximum absolute atomic E-state index is 12.3. The van der Waals surface area contributed by atoms with Gasteiger partial charge in [-0.2, -0.15) is 0 Å². The van der Waals surface area contributed by atoms with Gasteiger partial charge in [0.1, 0.15) is 0 Å². The molecule has 110 valence electrons. The van der Waals surface area contributed by atoms with Crippen molar-refractivity contribution in [2.45, 2.75) is 33.1 Å². The lowest BCUT2D eigenvalue weighted by Crippen LogP contribution is -2.39. The van der Waals surface area contributed by atoms with Crippen molar-refractivity contribution < 1.29 is 4.79 Å². The summed E-state index contributed by atoms with van der Waals surface area (Å²) in [6.45, 7) is 8.05. The molecule has 20 heavy (non-hydrogen) atoms. The van der Waals surface area contributed by atoms with Crippen molar-refractivity contribution in [2.75, 3.05) is 31.1 Å². The molecule has 3 heteroatoms. The average molecular weight is 274 g/mol. The molecule has 0 atom stereocenters. The zero-order chi connectivity index (χ0) is 14.4. The molecule has 0 unspecified atom stereocenters. The minimum Gasteiger partial charge on any atom is -0.371 e. The number of amides is 1. The van der Waals surface area contributed by atoms with Gasteiger partial charge in [0.25, 0.3) is 0 Å². The van der Waals surface area contributed by atoms with Crippen LogP contribution in [-0.2, 0) is 4.79 Å². The molecule has 0 aromatic heterocycles. The SMILES string of the molecule is CCN(CCC(=O)N1CCC(C)CC1)c1ccccc1. The van der Waals surface area contributed by atoms with E-state index in [-0.39, 0.29) is 0 Å². The van der Waals surface area contributed by atoms with E-state index in [2.05, 4.69) is 30.9 Å². The van der Waals surface area contributed by atoms with Gasteiger partial charge in [0.05, 0.1) is 0 Å². The number of benzene rings is 1. The number of carbonyl (C=O) groups excluding carboxylic acids is 1. The first-order valence-electron chi connectivity index (χ1n) is 7.78. The van der Waals surface area contributed by atoms with E-state index in [4.69, 9.17) is 0 Å². The van der Waals surface area contributed by atoms with Crippen molar-refractivity contribution in [3.8, 4) is 0 Å². The van der Waals surface area contributed by atoms with Crippen molar-refractivity contribution >= 4 is 11.6 Å². The summed E-state index contributed by atoms with van der Waals surface area (Å²) in [7, 11) is 0. The third kappa shape index (κ3) is 3.99. The summed E-state index contributed by atoms with van der Waals surface area (Å²) in [5, 5.41) is 0. The fraction of sp³-hybridized carbons (Fsp3) is 0.588. The lowest BCUT2D eigenvalue weighted by molar-refractivity contribution is -0.132. The summed E-state index contributed by atoms with van der Waals surface area (Å²) in [5.74, 6) is 1.08. The van der Waals surface area contributed by atoms with Gasteiger partial charge >= 0.3 is 0 Å². The van der Waals surface area contributed by atoms with Crippen molar-refractivity contribution in [2.24, 2.45) is 5.92 Å². The molecule has 0 spiro atoms. The number of para-hydroxylation sites is 1. The smallest absolute Gasteiger partial charge is 0.224 e. The predicted molar refractivity (Wildman–Crippen MR) is 83.9 cm³/mol. The van der Waals surface area contributed by atoms with Crippen LogP contribution in [0.1, 0.15) is 33.1 Å². The van der Waals surface area contributed by atoms with Gasteiger partial charge in [-0.3, -0.25) is 4.79 Å². The molecule has 0 saturated carbocycles. The van der Waals surface area contributed by atoms with Crippen LogP contribution in [-0.4, -0.2) is 37.0 Å². The number of carbonyl (C=O) groups is 1. The van der Waals surface area contributed by atoms with Crippen LogP contribution in [0.5, 0.6) is 0 Å². The highest BCUT2D eigenvalue weighted by atomic mass is 16.2. The number of rotatable bonds is 5. The molecular weight excluding hydrogens is 248 g/mol. The zero-order valence-corrected chi connectivity index (χ0v) is 12.7. The van der Waals surface area contributed by atoms with E-state index in [1.807, 2.05) is 23.1 Å². The molecule has 0 bridgehead atoms. The molecule has 3 nitrogen and oxygen atoms in total. The van der Waals surface area contributed by atoms with Crippen LogP contribution in [0.25, 0.3) is 0 Å². The van der Waals surface area contributed by atoms with E-state index in [0.717, 1.165) is 44.9 Å². The highest BCUT2D eigenvalue weighted by molar-refractivity contribution is 5.77. The van der Waals surface area contributed by atoms with E-state index in [1.54, 1.807) is 0 Å². The van der Waals surface area contributed by atoms with Gasteiger partial charge < -0.3 is 9.80 Å². The van der Waals surface area contributed by atoms with Gasteiger partial charge in [0.15, 0.2) is 0 Å². The van der Waals surface area contributed by atoms with Crippen LogP contribution < -0.4 is 4.90 Å². The zero-order valence-electron chi connectivity index (χ0n) is 12.7. The fourth-order valence-corrected chi connectivity index (χ4v) is 2.76. The first-order chi connectivity index (χ1) is 9.70. The van der Waals surface area contributed by atoms with Gasteiger partial charge in [-0.15, -0.1) is 0 Å². The van der Waals surface area contributed by atoms with Gasteiger partial charge in [-0.1, -0.05) is 25.1 Å². The Morgan fingerprint density at radius 1 is 1.25 bits per heavy atom. The Labute approximate surface area is 122 Å². The Bertz CT molecular complexity index is 410. The number of piperidine rings is 1. The quantitative estimate of drug-likeness (QED) is 0.823. The summed E-state index contributed by atoms with van der Waals surface area (Å²) in [6.07, 6.45) is 2.93. The van der Waals surface area contributed by atoms with Crippen LogP contribution in [0, 0.1) is 5.92 Å². The molecular formula is C17H26N2O. The second-order valence-electron chi connectivity index (χ2n) is 5.73. The third-order valence-electron chi connectivity index (χ3n) is 4.23.